The maximum Gasteiger partial charge on any atom is 0.267 e. The fraction of sp³-hybridized carbons (Fsp3) is 1.00. The summed E-state index contributed by atoms with van der Waals surface area (Å²) in [6, 6.07) is 0. The molecular formula is C28H52O8S. The van der Waals surface area contributed by atoms with E-state index in [4.69, 9.17) is 23.1 Å². The van der Waals surface area contributed by atoms with Crippen molar-refractivity contribution in [1.29, 1.82) is 0 Å². The maximum atomic E-state index is 12.9. The van der Waals surface area contributed by atoms with Crippen molar-refractivity contribution in [2.45, 2.75) is 173 Å². The Morgan fingerprint density at radius 1 is 0.622 bits per heavy atom. The minimum atomic E-state index is -3.82. The molecule has 2 unspecified atom stereocenters. The van der Waals surface area contributed by atoms with Gasteiger partial charge in [0, 0.05) is 0 Å². The third kappa shape index (κ3) is 9.40. The average molecular weight is 549 g/mol. The lowest BCUT2D eigenvalue weighted by molar-refractivity contribution is -0.181. The number of rotatable bonds is 17. The molecule has 2 aliphatic heterocycles. The fourth-order valence-corrected chi connectivity index (χ4v) is 7.06. The molecule has 6 atom stereocenters. The predicted octanol–water partition coefficient (Wildman–Crippen LogP) is 5.60. The molecule has 1 saturated carbocycles. The van der Waals surface area contributed by atoms with E-state index < -0.39 is 58.3 Å². The van der Waals surface area contributed by atoms with E-state index in [0.717, 1.165) is 19.3 Å². The Morgan fingerprint density at radius 2 is 0.973 bits per heavy atom. The van der Waals surface area contributed by atoms with E-state index in [1.165, 1.54) is 64.2 Å². The van der Waals surface area contributed by atoms with Gasteiger partial charge in [-0.2, -0.15) is 8.42 Å². The topological polar surface area (TPSA) is 101 Å². The third-order valence-electron chi connectivity index (χ3n) is 7.65. The SMILES string of the molecule is CCCCCCCCCCCCCCCCS(=O)(=O)OC1[C@@H]2OC(C)(C)O[C@@H]2C(O)[C@@H]2OC(C)(C)O[C@@H]12. The van der Waals surface area contributed by atoms with E-state index in [0.29, 0.717) is 6.42 Å². The molecule has 1 aliphatic carbocycles. The first-order valence-electron chi connectivity index (χ1n) is 14.7. The van der Waals surface area contributed by atoms with Crippen LogP contribution >= 0.6 is 0 Å². The van der Waals surface area contributed by atoms with E-state index in [1.807, 2.05) is 0 Å². The molecule has 0 bridgehead atoms. The van der Waals surface area contributed by atoms with Crippen LogP contribution in [0.2, 0.25) is 0 Å². The van der Waals surface area contributed by atoms with Gasteiger partial charge in [0.15, 0.2) is 11.6 Å². The van der Waals surface area contributed by atoms with Crippen LogP contribution in [0.15, 0.2) is 0 Å². The minimum absolute atomic E-state index is 0.0483. The monoisotopic (exact) mass is 548 g/mol. The van der Waals surface area contributed by atoms with Crippen molar-refractivity contribution < 1.29 is 36.7 Å². The van der Waals surface area contributed by atoms with Gasteiger partial charge in [-0.25, -0.2) is 0 Å². The molecule has 3 aliphatic rings. The summed E-state index contributed by atoms with van der Waals surface area (Å²) in [5, 5.41) is 10.9. The molecular weight excluding hydrogens is 496 g/mol. The zero-order chi connectivity index (χ0) is 27.1. The van der Waals surface area contributed by atoms with E-state index in [9.17, 15) is 13.5 Å². The summed E-state index contributed by atoms with van der Waals surface area (Å²) in [5.41, 5.74) is 0. The van der Waals surface area contributed by atoms with Crippen LogP contribution in [0.4, 0.5) is 0 Å². The normalized spacial score (nSPS) is 32.4. The minimum Gasteiger partial charge on any atom is -0.387 e. The van der Waals surface area contributed by atoms with Gasteiger partial charge in [-0.05, 0) is 34.1 Å². The first-order valence-corrected chi connectivity index (χ1v) is 16.3. The Bertz CT molecular complexity index is 751. The van der Waals surface area contributed by atoms with Gasteiger partial charge in [0.05, 0.1) is 5.75 Å². The molecule has 2 saturated heterocycles. The highest BCUT2D eigenvalue weighted by molar-refractivity contribution is 7.86. The molecule has 3 rings (SSSR count). The lowest BCUT2D eigenvalue weighted by Crippen LogP contribution is -2.62. The number of aliphatic hydroxyl groups is 1. The Labute approximate surface area is 225 Å². The van der Waals surface area contributed by atoms with Gasteiger partial charge in [0.2, 0.25) is 0 Å². The molecule has 9 heteroatoms. The summed E-state index contributed by atoms with van der Waals surface area (Å²) in [4.78, 5) is 0. The number of ether oxygens (including phenoxy) is 4. The van der Waals surface area contributed by atoms with Crippen molar-refractivity contribution in [2.24, 2.45) is 0 Å². The Morgan fingerprint density at radius 3 is 1.38 bits per heavy atom. The first-order chi connectivity index (χ1) is 17.4. The average Bonchev–Trinajstić information content (AvgIpc) is 3.32. The zero-order valence-corrected chi connectivity index (χ0v) is 24.6. The van der Waals surface area contributed by atoms with E-state index in [-0.39, 0.29) is 5.75 Å². The molecule has 218 valence electrons. The summed E-state index contributed by atoms with van der Waals surface area (Å²) >= 11 is 0. The van der Waals surface area contributed by atoms with Crippen molar-refractivity contribution in [3.63, 3.8) is 0 Å². The maximum absolute atomic E-state index is 12.9. The van der Waals surface area contributed by atoms with Gasteiger partial charge >= 0.3 is 0 Å². The molecule has 0 amide bonds. The van der Waals surface area contributed by atoms with E-state index >= 15 is 0 Å². The molecule has 37 heavy (non-hydrogen) atoms. The van der Waals surface area contributed by atoms with Gasteiger partial charge in [-0.1, -0.05) is 90.4 Å². The molecule has 0 radical (unpaired) electrons. The van der Waals surface area contributed by atoms with Gasteiger partial charge in [0.25, 0.3) is 10.1 Å². The molecule has 0 aromatic carbocycles. The third-order valence-corrected chi connectivity index (χ3v) is 8.96. The van der Waals surface area contributed by atoms with Crippen molar-refractivity contribution in [1.82, 2.24) is 0 Å². The quantitative estimate of drug-likeness (QED) is 0.185. The largest absolute Gasteiger partial charge is 0.387 e. The zero-order valence-electron chi connectivity index (χ0n) is 23.8. The molecule has 3 fully saturated rings. The molecule has 8 nitrogen and oxygen atoms in total. The van der Waals surface area contributed by atoms with E-state index in [2.05, 4.69) is 6.92 Å². The molecule has 0 aromatic rings. The number of hydrogen-bond donors (Lipinski definition) is 1. The Kier molecular flexibility index (Phi) is 11.7. The van der Waals surface area contributed by atoms with Crippen molar-refractivity contribution >= 4 is 10.1 Å². The summed E-state index contributed by atoms with van der Waals surface area (Å²) in [7, 11) is -3.82. The van der Waals surface area contributed by atoms with Gasteiger partial charge in [-0.3, -0.25) is 4.18 Å². The highest BCUT2D eigenvalue weighted by Crippen LogP contribution is 2.45. The standard InChI is InChI=1S/C28H52O8S/c1-6-7-8-9-10-11-12-13-14-15-16-17-18-19-20-37(30,31)36-26-24-22(32-27(2,3)34-24)21(29)23-25(26)35-28(4,5)33-23/h21-26,29H,6-20H2,1-5H3/t21?,22-,23+,24-,25-,26?/m1/s1. The number of fused-ring (bicyclic) bond motifs is 2. The second-order valence-electron chi connectivity index (χ2n) is 12.0. The lowest BCUT2D eigenvalue weighted by atomic mass is 9.85. The van der Waals surface area contributed by atoms with Crippen LogP contribution in [-0.4, -0.2) is 67.5 Å². The molecule has 1 N–H and O–H groups in total. The van der Waals surface area contributed by atoms with Crippen LogP contribution in [0.1, 0.15) is 125 Å². The smallest absolute Gasteiger partial charge is 0.267 e. The number of aliphatic hydroxyl groups excluding tert-OH is 1. The summed E-state index contributed by atoms with van der Waals surface area (Å²) in [6.07, 6.45) is 11.9. The van der Waals surface area contributed by atoms with Crippen molar-refractivity contribution in [2.75, 3.05) is 5.75 Å². The second-order valence-corrected chi connectivity index (χ2v) is 13.8. The van der Waals surface area contributed by atoms with Crippen molar-refractivity contribution in [3.05, 3.63) is 0 Å². The first kappa shape index (κ1) is 31.2. The summed E-state index contributed by atoms with van der Waals surface area (Å²) in [5.74, 6) is -1.98. The summed E-state index contributed by atoms with van der Waals surface area (Å²) in [6.45, 7) is 9.20. The second kappa shape index (κ2) is 13.9. The van der Waals surface area contributed by atoms with Crippen molar-refractivity contribution in [3.8, 4) is 0 Å². The molecule has 0 aromatic heterocycles. The highest BCUT2D eigenvalue weighted by atomic mass is 32.2. The molecule has 2 heterocycles. The van der Waals surface area contributed by atoms with Crippen LogP contribution < -0.4 is 0 Å². The van der Waals surface area contributed by atoms with Crippen LogP contribution in [0, 0.1) is 0 Å². The number of hydrogen-bond acceptors (Lipinski definition) is 8. The van der Waals surface area contributed by atoms with E-state index in [1.54, 1.807) is 27.7 Å². The van der Waals surface area contributed by atoms with Crippen LogP contribution in [0.25, 0.3) is 0 Å². The predicted molar refractivity (Wildman–Crippen MR) is 143 cm³/mol. The highest BCUT2D eigenvalue weighted by Gasteiger charge is 2.64. The van der Waals surface area contributed by atoms with Gasteiger partial charge in [0.1, 0.15) is 36.6 Å². The summed E-state index contributed by atoms with van der Waals surface area (Å²) < 4.78 is 55.3. The van der Waals surface area contributed by atoms with Crippen LogP contribution in [0.5, 0.6) is 0 Å². The Balaban J connectivity index is 1.36. The van der Waals surface area contributed by atoms with Gasteiger partial charge in [-0.15, -0.1) is 0 Å². The van der Waals surface area contributed by atoms with Gasteiger partial charge < -0.3 is 24.1 Å². The Hall–Kier alpha value is -0.290. The lowest BCUT2D eigenvalue weighted by Gasteiger charge is -2.40. The van der Waals surface area contributed by atoms with Crippen LogP contribution in [0.3, 0.4) is 0 Å². The fourth-order valence-electron chi connectivity index (χ4n) is 5.84. The van der Waals surface area contributed by atoms with Crippen LogP contribution in [-0.2, 0) is 33.2 Å². The number of unbranched alkanes of at least 4 members (excludes halogenated alkanes) is 13. The molecule has 0 spiro atoms.